The van der Waals surface area contributed by atoms with Crippen LogP contribution in [0.15, 0.2) is 23.1 Å². The lowest BCUT2D eigenvalue weighted by molar-refractivity contribution is 0.0663. The molecule has 1 aromatic rings. The molecular formula is C21H33N3O4S. The summed E-state index contributed by atoms with van der Waals surface area (Å²) < 4.78 is 33.5. The Morgan fingerprint density at radius 2 is 1.66 bits per heavy atom. The molecule has 2 aliphatic rings. The number of carbonyl (C=O) groups excluding carboxylic acids is 1. The number of hydrogen-bond donors (Lipinski definition) is 0. The quantitative estimate of drug-likeness (QED) is 0.728. The number of sulfonamides is 1. The minimum Gasteiger partial charge on any atom is -0.495 e. The Labute approximate surface area is 174 Å². The van der Waals surface area contributed by atoms with Gasteiger partial charge in [0.1, 0.15) is 10.6 Å². The van der Waals surface area contributed by atoms with E-state index < -0.39 is 10.0 Å². The van der Waals surface area contributed by atoms with E-state index in [4.69, 9.17) is 4.74 Å². The minimum absolute atomic E-state index is 0.0935. The molecule has 0 radical (unpaired) electrons. The fourth-order valence-corrected chi connectivity index (χ4v) is 5.90. The molecular weight excluding hydrogens is 390 g/mol. The number of piperidine rings is 1. The predicted molar refractivity (Wildman–Crippen MR) is 113 cm³/mol. The van der Waals surface area contributed by atoms with Crippen LogP contribution in [0.25, 0.3) is 0 Å². The molecule has 0 saturated carbocycles. The standard InChI is InChI=1S/C21H33N3O4S/c1-22(2)18-10-14-23(15-11-18)21(25)17-8-9-19(28-3)20(16-17)29(26,27)24-12-6-4-5-7-13-24/h8-9,16,18H,4-7,10-15H2,1-3H3. The zero-order chi connectivity index (χ0) is 21.0. The minimum atomic E-state index is -3.70. The van der Waals surface area contributed by atoms with Gasteiger partial charge in [-0.25, -0.2) is 8.42 Å². The lowest BCUT2D eigenvalue weighted by Crippen LogP contribution is -2.44. The highest BCUT2D eigenvalue weighted by Gasteiger charge is 2.30. The molecule has 0 bridgehead atoms. The Kier molecular flexibility index (Phi) is 7.19. The third kappa shape index (κ3) is 4.92. The van der Waals surface area contributed by atoms with E-state index in [0.29, 0.717) is 37.8 Å². The van der Waals surface area contributed by atoms with Crippen LogP contribution in [0.1, 0.15) is 48.9 Å². The predicted octanol–water partition coefficient (Wildman–Crippen LogP) is 2.43. The largest absolute Gasteiger partial charge is 0.495 e. The molecule has 162 valence electrons. The number of methoxy groups -OCH3 is 1. The van der Waals surface area contributed by atoms with Crippen LogP contribution in [-0.2, 0) is 10.0 Å². The first-order valence-corrected chi connectivity index (χ1v) is 11.9. The molecule has 0 N–H and O–H groups in total. The monoisotopic (exact) mass is 423 g/mol. The molecule has 8 heteroatoms. The van der Waals surface area contributed by atoms with Crippen molar-refractivity contribution in [3.8, 4) is 5.75 Å². The molecule has 2 heterocycles. The molecule has 0 aliphatic carbocycles. The van der Waals surface area contributed by atoms with Crippen LogP contribution < -0.4 is 4.74 Å². The maximum Gasteiger partial charge on any atom is 0.253 e. The van der Waals surface area contributed by atoms with Crippen LogP contribution >= 0.6 is 0 Å². The van der Waals surface area contributed by atoms with Gasteiger partial charge in [-0.05, 0) is 58.0 Å². The Hall–Kier alpha value is -1.64. The number of rotatable bonds is 5. The van der Waals surface area contributed by atoms with Crippen LogP contribution in [-0.4, -0.2) is 81.9 Å². The Morgan fingerprint density at radius 3 is 2.21 bits per heavy atom. The number of hydrogen-bond acceptors (Lipinski definition) is 5. The fourth-order valence-electron chi connectivity index (χ4n) is 4.20. The van der Waals surface area contributed by atoms with Gasteiger partial charge in [-0.2, -0.15) is 4.31 Å². The van der Waals surface area contributed by atoms with Crippen LogP contribution in [0.4, 0.5) is 0 Å². The van der Waals surface area contributed by atoms with E-state index >= 15 is 0 Å². The highest BCUT2D eigenvalue weighted by Crippen LogP contribution is 2.30. The smallest absolute Gasteiger partial charge is 0.253 e. The highest BCUT2D eigenvalue weighted by atomic mass is 32.2. The Morgan fingerprint density at radius 1 is 1.03 bits per heavy atom. The van der Waals surface area contributed by atoms with Crippen molar-refractivity contribution in [2.45, 2.75) is 49.5 Å². The fraction of sp³-hybridized carbons (Fsp3) is 0.667. The maximum atomic E-state index is 13.3. The van der Waals surface area contributed by atoms with Gasteiger partial charge in [0.15, 0.2) is 0 Å². The van der Waals surface area contributed by atoms with Gasteiger partial charge in [-0.1, -0.05) is 12.8 Å². The van der Waals surface area contributed by atoms with Crippen molar-refractivity contribution >= 4 is 15.9 Å². The number of benzene rings is 1. The van der Waals surface area contributed by atoms with Crippen molar-refractivity contribution in [3.05, 3.63) is 23.8 Å². The second-order valence-electron chi connectivity index (χ2n) is 8.17. The molecule has 2 aliphatic heterocycles. The van der Waals surface area contributed by atoms with Crippen molar-refractivity contribution in [1.29, 1.82) is 0 Å². The van der Waals surface area contributed by atoms with E-state index in [1.54, 1.807) is 12.1 Å². The topological polar surface area (TPSA) is 70.2 Å². The van der Waals surface area contributed by atoms with Crippen molar-refractivity contribution in [2.75, 3.05) is 47.4 Å². The summed E-state index contributed by atoms with van der Waals surface area (Å²) in [4.78, 5) is 17.2. The van der Waals surface area contributed by atoms with E-state index in [-0.39, 0.29) is 16.6 Å². The summed E-state index contributed by atoms with van der Waals surface area (Å²) in [5, 5.41) is 0. The zero-order valence-electron chi connectivity index (χ0n) is 17.8. The molecule has 1 aromatic carbocycles. The molecule has 2 saturated heterocycles. The van der Waals surface area contributed by atoms with Gasteiger partial charge in [0.2, 0.25) is 10.0 Å². The van der Waals surface area contributed by atoms with E-state index in [2.05, 4.69) is 19.0 Å². The number of amides is 1. The highest BCUT2D eigenvalue weighted by molar-refractivity contribution is 7.89. The summed E-state index contributed by atoms with van der Waals surface area (Å²) in [7, 11) is 1.88. The van der Waals surface area contributed by atoms with Gasteiger partial charge in [0, 0.05) is 37.8 Å². The summed E-state index contributed by atoms with van der Waals surface area (Å²) in [6.07, 6.45) is 5.67. The van der Waals surface area contributed by atoms with E-state index in [9.17, 15) is 13.2 Å². The zero-order valence-corrected chi connectivity index (χ0v) is 18.6. The Balaban J connectivity index is 1.84. The summed E-state index contributed by atoms with van der Waals surface area (Å²) >= 11 is 0. The van der Waals surface area contributed by atoms with Crippen molar-refractivity contribution in [1.82, 2.24) is 14.1 Å². The summed E-state index contributed by atoms with van der Waals surface area (Å²) in [5.41, 5.74) is 0.405. The van der Waals surface area contributed by atoms with E-state index in [0.717, 1.165) is 38.5 Å². The van der Waals surface area contributed by atoms with Crippen molar-refractivity contribution in [2.24, 2.45) is 0 Å². The third-order valence-electron chi connectivity index (χ3n) is 6.08. The summed E-state index contributed by atoms with van der Waals surface area (Å²) in [5.74, 6) is 0.175. The molecule has 3 rings (SSSR count). The SMILES string of the molecule is COc1ccc(C(=O)N2CCC(N(C)C)CC2)cc1S(=O)(=O)N1CCCCCC1. The summed E-state index contributed by atoms with van der Waals surface area (Å²) in [6.45, 7) is 2.40. The second kappa shape index (κ2) is 9.45. The molecule has 2 fully saturated rings. The molecule has 0 unspecified atom stereocenters. The second-order valence-corrected chi connectivity index (χ2v) is 10.1. The van der Waals surface area contributed by atoms with Gasteiger partial charge in [0.25, 0.3) is 5.91 Å². The number of ether oxygens (including phenoxy) is 1. The number of carbonyl (C=O) groups is 1. The first-order chi connectivity index (χ1) is 13.8. The van der Waals surface area contributed by atoms with Crippen LogP contribution in [0.2, 0.25) is 0 Å². The van der Waals surface area contributed by atoms with Gasteiger partial charge in [0.05, 0.1) is 7.11 Å². The maximum absolute atomic E-state index is 13.3. The van der Waals surface area contributed by atoms with Gasteiger partial charge >= 0.3 is 0 Å². The average molecular weight is 424 g/mol. The number of likely N-dealkylation sites (tertiary alicyclic amines) is 1. The normalized spacial score (nSPS) is 19.9. The van der Waals surface area contributed by atoms with E-state index in [1.165, 1.54) is 17.5 Å². The lowest BCUT2D eigenvalue weighted by atomic mass is 10.0. The first kappa shape index (κ1) is 22.1. The van der Waals surface area contributed by atoms with Gasteiger partial charge in [-0.3, -0.25) is 4.79 Å². The molecule has 1 amide bonds. The summed E-state index contributed by atoms with van der Waals surface area (Å²) in [6, 6.07) is 5.25. The van der Waals surface area contributed by atoms with Gasteiger partial charge < -0.3 is 14.5 Å². The van der Waals surface area contributed by atoms with E-state index in [1.807, 2.05) is 4.90 Å². The van der Waals surface area contributed by atoms with Crippen LogP contribution in [0.5, 0.6) is 5.75 Å². The lowest BCUT2D eigenvalue weighted by Gasteiger charge is -2.35. The molecule has 0 aromatic heterocycles. The molecule has 0 spiro atoms. The Bertz CT molecular complexity index is 809. The average Bonchev–Trinajstić information content (AvgIpc) is 3.03. The van der Waals surface area contributed by atoms with Crippen LogP contribution in [0.3, 0.4) is 0 Å². The van der Waals surface area contributed by atoms with Crippen LogP contribution in [0, 0.1) is 0 Å². The molecule has 29 heavy (non-hydrogen) atoms. The number of nitrogens with zero attached hydrogens (tertiary/aromatic N) is 3. The van der Waals surface area contributed by atoms with Crippen molar-refractivity contribution in [3.63, 3.8) is 0 Å². The molecule has 7 nitrogen and oxygen atoms in total. The van der Waals surface area contributed by atoms with Gasteiger partial charge in [-0.15, -0.1) is 0 Å². The van der Waals surface area contributed by atoms with Crippen molar-refractivity contribution < 1.29 is 17.9 Å². The molecule has 0 atom stereocenters. The third-order valence-corrected chi connectivity index (χ3v) is 8.00. The first-order valence-electron chi connectivity index (χ1n) is 10.5.